The third-order valence-electron chi connectivity index (χ3n) is 8.62. The van der Waals surface area contributed by atoms with Crippen molar-refractivity contribution < 1.29 is 19.1 Å². The third-order valence-corrected chi connectivity index (χ3v) is 8.62. The molecule has 0 radical (unpaired) electrons. The third kappa shape index (κ3) is 2.14. The maximum atomic E-state index is 13.8. The molecule has 2 aromatic carbocycles. The largest absolute Gasteiger partial charge is 0.461 e. The van der Waals surface area contributed by atoms with Crippen molar-refractivity contribution in [1.29, 1.82) is 0 Å². The van der Waals surface area contributed by atoms with Crippen LogP contribution in [0.3, 0.4) is 0 Å². The van der Waals surface area contributed by atoms with Gasteiger partial charge in [0, 0.05) is 5.92 Å². The van der Waals surface area contributed by atoms with E-state index in [0.717, 1.165) is 10.1 Å². The molecule has 3 aromatic rings. The Morgan fingerprint density at radius 2 is 1.58 bits per heavy atom. The lowest BCUT2D eigenvalue weighted by Gasteiger charge is -2.40. The van der Waals surface area contributed by atoms with Crippen molar-refractivity contribution in [3.8, 4) is 5.69 Å². The number of nitrogens with zero attached hydrogens (tertiary/aromatic N) is 3. The Kier molecular flexibility index (Phi) is 3.97. The predicted molar refractivity (Wildman–Crippen MR) is 126 cm³/mol. The first-order valence-corrected chi connectivity index (χ1v) is 12.0. The summed E-state index contributed by atoms with van der Waals surface area (Å²) >= 11 is 0. The zero-order chi connectivity index (χ0) is 25.0. The molecule has 36 heavy (non-hydrogen) atoms. The average Bonchev–Trinajstić information content (AvgIpc) is 3.42. The van der Waals surface area contributed by atoms with Gasteiger partial charge in [-0.1, -0.05) is 60.7 Å². The zero-order valence-corrected chi connectivity index (χ0v) is 19.6. The standard InChI is InChI=1S/C27H23N3O6/c1-15(17-9-5-3-6-10-17)35-22(31)27-21-19-13-14-20(26(21,27)16(2)36-23(27)32)30-25(34)28(24(33)29(19)30)18-11-7-4-8-12-18/h3-16,19-21H,1-2H3/t15-,16-,19+,20-,21-,26?,27+/m0/s1. The minimum Gasteiger partial charge on any atom is -0.461 e. The maximum absolute atomic E-state index is 13.8. The summed E-state index contributed by atoms with van der Waals surface area (Å²) < 4.78 is 15.4. The molecule has 0 N–H and O–H groups in total. The first-order chi connectivity index (χ1) is 17.4. The molecule has 1 saturated heterocycles. The molecule has 5 aliphatic rings. The van der Waals surface area contributed by atoms with E-state index in [1.165, 1.54) is 9.36 Å². The summed E-state index contributed by atoms with van der Waals surface area (Å²) in [5.41, 5.74) is -2.35. The number of ether oxygens (including phenoxy) is 2. The number of para-hydroxylation sites is 1. The molecular formula is C27H23N3O6. The normalized spacial score (nSPS) is 33.3. The highest BCUT2D eigenvalue weighted by Crippen LogP contribution is 2.85. The highest BCUT2D eigenvalue weighted by atomic mass is 16.6. The molecule has 1 saturated carbocycles. The van der Waals surface area contributed by atoms with Crippen LogP contribution in [0.5, 0.6) is 0 Å². The van der Waals surface area contributed by atoms with Crippen LogP contribution in [-0.4, -0.2) is 32.0 Å². The molecule has 1 aromatic heterocycles. The summed E-state index contributed by atoms with van der Waals surface area (Å²) in [6.45, 7) is 3.51. The zero-order valence-electron chi connectivity index (χ0n) is 19.6. The van der Waals surface area contributed by atoms with E-state index in [4.69, 9.17) is 9.47 Å². The average molecular weight is 485 g/mol. The fourth-order valence-electron chi connectivity index (χ4n) is 7.20. The van der Waals surface area contributed by atoms with Crippen molar-refractivity contribution in [2.75, 3.05) is 0 Å². The number of hydrogen-bond acceptors (Lipinski definition) is 6. The second kappa shape index (κ2) is 6.75. The lowest BCUT2D eigenvalue weighted by Crippen LogP contribution is -2.48. The molecule has 8 rings (SSSR count). The first-order valence-electron chi connectivity index (χ1n) is 12.0. The molecule has 2 aliphatic carbocycles. The molecule has 1 unspecified atom stereocenters. The van der Waals surface area contributed by atoms with Gasteiger partial charge >= 0.3 is 23.3 Å². The van der Waals surface area contributed by atoms with Gasteiger partial charge in [-0.05, 0) is 31.5 Å². The highest BCUT2D eigenvalue weighted by molar-refractivity contribution is 6.08. The second-order valence-corrected chi connectivity index (χ2v) is 9.97. The van der Waals surface area contributed by atoms with Crippen LogP contribution < -0.4 is 11.4 Å². The van der Waals surface area contributed by atoms with E-state index in [2.05, 4.69) is 0 Å². The van der Waals surface area contributed by atoms with Gasteiger partial charge in [-0.3, -0.25) is 9.59 Å². The molecule has 3 aliphatic heterocycles. The molecule has 182 valence electrons. The lowest BCUT2D eigenvalue weighted by atomic mass is 9.79. The molecule has 4 heterocycles. The molecule has 2 fully saturated rings. The summed E-state index contributed by atoms with van der Waals surface area (Å²) in [6, 6.07) is 16.6. The molecule has 9 nitrogen and oxygen atoms in total. The van der Waals surface area contributed by atoms with E-state index in [9.17, 15) is 19.2 Å². The van der Waals surface area contributed by atoms with Gasteiger partial charge in [0.05, 0.1) is 23.2 Å². The Balaban J connectivity index is 1.36. The van der Waals surface area contributed by atoms with E-state index in [0.29, 0.717) is 5.69 Å². The SMILES string of the molecule is C[C@H](OC(=O)[C@]12C(=O)O[C@@H](C)C13[C@@H]1C=C[C@H]([C@@H]32)n2c(=O)n(-c3ccccc3)c(=O)n21)c1ccccc1. The Morgan fingerprint density at radius 1 is 0.944 bits per heavy atom. The van der Waals surface area contributed by atoms with Gasteiger partial charge in [0.1, 0.15) is 12.2 Å². The van der Waals surface area contributed by atoms with Crippen LogP contribution in [0.2, 0.25) is 0 Å². The molecule has 2 bridgehead atoms. The first kappa shape index (κ1) is 21.2. The topological polar surface area (TPSA) is 102 Å². The van der Waals surface area contributed by atoms with Crippen LogP contribution in [0.15, 0.2) is 82.4 Å². The van der Waals surface area contributed by atoms with Crippen LogP contribution in [0.4, 0.5) is 0 Å². The minimum atomic E-state index is -1.59. The van der Waals surface area contributed by atoms with Crippen molar-refractivity contribution in [3.05, 3.63) is 99.3 Å². The summed E-state index contributed by atoms with van der Waals surface area (Å²) in [4.78, 5) is 54.4. The number of benzene rings is 2. The maximum Gasteiger partial charge on any atom is 0.352 e. The number of allylic oxidation sites excluding steroid dienone is 2. The van der Waals surface area contributed by atoms with E-state index in [1.807, 2.05) is 42.5 Å². The quantitative estimate of drug-likeness (QED) is 0.319. The molecule has 0 amide bonds. The van der Waals surface area contributed by atoms with Gasteiger partial charge in [-0.25, -0.2) is 23.5 Å². The summed E-state index contributed by atoms with van der Waals surface area (Å²) in [5, 5.41) is 0. The van der Waals surface area contributed by atoms with Gasteiger partial charge in [0.2, 0.25) is 0 Å². The summed E-state index contributed by atoms with van der Waals surface area (Å²) in [6.07, 6.45) is 2.43. The van der Waals surface area contributed by atoms with Gasteiger partial charge in [0.25, 0.3) is 0 Å². The minimum absolute atomic E-state index is 0.460. The smallest absolute Gasteiger partial charge is 0.352 e. The van der Waals surface area contributed by atoms with Crippen molar-refractivity contribution in [1.82, 2.24) is 13.9 Å². The lowest BCUT2D eigenvalue weighted by molar-refractivity contribution is -0.166. The highest BCUT2D eigenvalue weighted by Gasteiger charge is 2.97. The predicted octanol–water partition coefficient (Wildman–Crippen LogP) is 2.32. The number of cyclic esters (lactones) is 1. The fourth-order valence-corrected chi connectivity index (χ4v) is 7.20. The summed E-state index contributed by atoms with van der Waals surface area (Å²) in [5.74, 6) is -1.86. The fraction of sp³-hybridized carbons (Fsp3) is 0.333. The van der Waals surface area contributed by atoms with Gasteiger partial charge in [0.15, 0.2) is 5.41 Å². The van der Waals surface area contributed by atoms with Crippen molar-refractivity contribution >= 4 is 11.9 Å². The monoisotopic (exact) mass is 485 g/mol. The Morgan fingerprint density at radius 3 is 2.28 bits per heavy atom. The summed E-state index contributed by atoms with van der Waals surface area (Å²) in [7, 11) is 0. The number of aromatic nitrogens is 3. The Bertz CT molecular complexity index is 1580. The molecule has 1 spiro atoms. The number of esters is 2. The van der Waals surface area contributed by atoms with Crippen LogP contribution in [0, 0.1) is 16.7 Å². The van der Waals surface area contributed by atoms with Crippen LogP contribution in [-0.2, 0) is 19.1 Å². The Labute approximate surface area is 205 Å². The van der Waals surface area contributed by atoms with Gasteiger partial charge in [-0.15, -0.1) is 0 Å². The molecule has 7 atom stereocenters. The van der Waals surface area contributed by atoms with Gasteiger partial charge < -0.3 is 9.47 Å². The molecule has 9 heteroatoms. The molecular weight excluding hydrogens is 462 g/mol. The second-order valence-electron chi connectivity index (χ2n) is 9.97. The van der Waals surface area contributed by atoms with E-state index in [1.54, 1.807) is 44.2 Å². The van der Waals surface area contributed by atoms with Crippen LogP contribution >= 0.6 is 0 Å². The van der Waals surface area contributed by atoms with Crippen molar-refractivity contribution in [2.24, 2.45) is 16.7 Å². The van der Waals surface area contributed by atoms with Crippen molar-refractivity contribution in [3.63, 3.8) is 0 Å². The van der Waals surface area contributed by atoms with E-state index in [-0.39, 0.29) is 0 Å². The van der Waals surface area contributed by atoms with Crippen molar-refractivity contribution in [2.45, 2.75) is 38.1 Å². The number of carbonyl (C=O) groups is 2. The van der Waals surface area contributed by atoms with E-state index >= 15 is 0 Å². The van der Waals surface area contributed by atoms with E-state index < -0.39 is 64.4 Å². The van der Waals surface area contributed by atoms with Crippen LogP contribution in [0.1, 0.15) is 37.6 Å². The Hall–Kier alpha value is -4.14. The number of hydrogen-bond donors (Lipinski definition) is 0. The number of rotatable bonds is 4. The van der Waals surface area contributed by atoms with Gasteiger partial charge in [-0.2, -0.15) is 0 Å². The van der Waals surface area contributed by atoms with Crippen LogP contribution in [0.25, 0.3) is 5.69 Å². The number of carbonyl (C=O) groups excluding carboxylic acids is 2.